The molecule has 1 N–H and O–H groups in total. The summed E-state index contributed by atoms with van der Waals surface area (Å²) < 4.78 is 28.3. The van der Waals surface area contributed by atoms with Crippen LogP contribution in [0.1, 0.15) is 16.8 Å². The first-order valence-corrected chi connectivity index (χ1v) is 9.16. The van der Waals surface area contributed by atoms with E-state index in [1.165, 1.54) is 0 Å². The number of sulfone groups is 1. The van der Waals surface area contributed by atoms with Gasteiger partial charge in [-0.1, -0.05) is 0 Å². The Morgan fingerprint density at radius 1 is 1.36 bits per heavy atom. The van der Waals surface area contributed by atoms with Crippen LogP contribution in [0.15, 0.2) is 18.3 Å². The molecule has 1 aromatic heterocycles. The number of nitrogens with zero attached hydrogens (tertiary/aromatic N) is 2. The zero-order chi connectivity index (χ0) is 15.6. The number of rotatable bonds is 3. The van der Waals surface area contributed by atoms with Crippen LogP contribution in [0.3, 0.4) is 0 Å². The van der Waals surface area contributed by atoms with Crippen LogP contribution in [0.25, 0.3) is 0 Å². The van der Waals surface area contributed by atoms with Crippen molar-refractivity contribution in [2.24, 2.45) is 0 Å². The van der Waals surface area contributed by atoms with Crippen molar-refractivity contribution >= 4 is 21.6 Å². The van der Waals surface area contributed by atoms with Crippen molar-refractivity contribution in [3.05, 3.63) is 23.9 Å². The first-order chi connectivity index (χ1) is 10.6. The first kappa shape index (κ1) is 15.2. The fraction of sp³-hybridized carbons (Fsp3) is 0.571. The molecule has 0 bridgehead atoms. The summed E-state index contributed by atoms with van der Waals surface area (Å²) in [6, 6.07) is 3.12. The highest BCUT2D eigenvalue weighted by Crippen LogP contribution is 2.19. The standard InChI is InChI=1S/C14H19N3O4S/c18-14(16-11-3-9-22(19,20)10-11)12-2-1-4-15-13(12)17-5-7-21-8-6-17/h1-2,4,11H,3,5-10H2,(H,16,18)/t11-/m1/s1. The lowest BCUT2D eigenvalue weighted by atomic mass is 10.2. The molecule has 3 rings (SSSR count). The van der Waals surface area contributed by atoms with Crippen LogP contribution in [0.4, 0.5) is 5.82 Å². The van der Waals surface area contributed by atoms with E-state index in [0.717, 1.165) is 0 Å². The quantitative estimate of drug-likeness (QED) is 0.830. The molecule has 1 amide bonds. The van der Waals surface area contributed by atoms with Gasteiger partial charge in [-0.25, -0.2) is 13.4 Å². The largest absolute Gasteiger partial charge is 0.378 e. The molecule has 1 atom stereocenters. The van der Waals surface area contributed by atoms with Gasteiger partial charge in [0.15, 0.2) is 9.84 Å². The summed E-state index contributed by atoms with van der Waals surface area (Å²) in [5.74, 6) is 0.522. The lowest BCUT2D eigenvalue weighted by molar-refractivity contribution is 0.0939. The van der Waals surface area contributed by atoms with Crippen LogP contribution in [0, 0.1) is 0 Å². The molecule has 7 nitrogen and oxygen atoms in total. The maximum atomic E-state index is 12.5. The van der Waals surface area contributed by atoms with Gasteiger partial charge in [-0.15, -0.1) is 0 Å². The molecule has 1 aromatic rings. The summed E-state index contributed by atoms with van der Waals surface area (Å²) in [5, 5.41) is 2.81. The van der Waals surface area contributed by atoms with Gasteiger partial charge in [0.05, 0.1) is 30.3 Å². The number of nitrogens with one attached hydrogen (secondary N) is 1. The van der Waals surface area contributed by atoms with Gasteiger partial charge in [-0.3, -0.25) is 4.79 Å². The average Bonchev–Trinajstić information content (AvgIpc) is 2.87. The van der Waals surface area contributed by atoms with E-state index in [4.69, 9.17) is 4.74 Å². The molecule has 120 valence electrons. The average molecular weight is 325 g/mol. The molecular formula is C14H19N3O4S. The second kappa shape index (κ2) is 6.21. The third-order valence-electron chi connectivity index (χ3n) is 3.91. The second-order valence-corrected chi connectivity index (χ2v) is 7.78. The van der Waals surface area contributed by atoms with Crippen molar-refractivity contribution in [2.75, 3.05) is 42.7 Å². The number of hydrogen-bond donors (Lipinski definition) is 1. The molecule has 22 heavy (non-hydrogen) atoms. The van der Waals surface area contributed by atoms with Crippen molar-refractivity contribution in [3.8, 4) is 0 Å². The molecule has 2 saturated heterocycles. The van der Waals surface area contributed by atoms with Gasteiger partial charge in [0.25, 0.3) is 5.91 Å². The monoisotopic (exact) mass is 325 g/mol. The highest BCUT2D eigenvalue weighted by Gasteiger charge is 2.30. The molecule has 2 fully saturated rings. The van der Waals surface area contributed by atoms with Crippen molar-refractivity contribution in [1.29, 1.82) is 0 Å². The Labute approximate surface area is 129 Å². The number of ether oxygens (including phenoxy) is 1. The number of carbonyl (C=O) groups excluding carboxylic acids is 1. The summed E-state index contributed by atoms with van der Waals surface area (Å²) in [6.07, 6.45) is 2.13. The van der Waals surface area contributed by atoms with E-state index in [2.05, 4.69) is 10.3 Å². The minimum absolute atomic E-state index is 0.0197. The van der Waals surface area contributed by atoms with Gasteiger partial charge in [0.2, 0.25) is 0 Å². The number of morpholine rings is 1. The fourth-order valence-corrected chi connectivity index (χ4v) is 4.45. The Morgan fingerprint density at radius 3 is 2.82 bits per heavy atom. The smallest absolute Gasteiger partial charge is 0.255 e. The fourth-order valence-electron chi connectivity index (χ4n) is 2.77. The van der Waals surface area contributed by atoms with E-state index in [1.54, 1.807) is 18.3 Å². The molecule has 0 aliphatic carbocycles. The Bertz CT molecular complexity index is 656. The number of amides is 1. The third kappa shape index (κ3) is 3.38. The van der Waals surface area contributed by atoms with Crippen LogP contribution >= 0.6 is 0 Å². The molecule has 0 aromatic carbocycles. The number of anilines is 1. The van der Waals surface area contributed by atoms with Gasteiger partial charge in [0, 0.05) is 25.3 Å². The molecule has 2 aliphatic heterocycles. The molecule has 0 unspecified atom stereocenters. The van der Waals surface area contributed by atoms with Gasteiger partial charge < -0.3 is 15.0 Å². The maximum absolute atomic E-state index is 12.5. The van der Waals surface area contributed by atoms with Crippen LogP contribution in [-0.2, 0) is 14.6 Å². The number of hydrogen-bond acceptors (Lipinski definition) is 6. The Morgan fingerprint density at radius 2 is 2.14 bits per heavy atom. The van der Waals surface area contributed by atoms with E-state index in [-0.39, 0.29) is 23.5 Å². The Balaban J connectivity index is 1.75. The summed E-state index contributed by atoms with van der Waals surface area (Å²) in [4.78, 5) is 18.8. The maximum Gasteiger partial charge on any atom is 0.255 e. The second-order valence-electron chi connectivity index (χ2n) is 5.55. The number of aromatic nitrogens is 1. The van der Waals surface area contributed by atoms with E-state index in [9.17, 15) is 13.2 Å². The summed E-state index contributed by atoms with van der Waals surface area (Å²) in [7, 11) is -3.01. The molecule has 3 heterocycles. The van der Waals surface area contributed by atoms with Crippen LogP contribution in [0.5, 0.6) is 0 Å². The lowest BCUT2D eigenvalue weighted by Crippen LogP contribution is -2.40. The van der Waals surface area contributed by atoms with Gasteiger partial charge in [-0.2, -0.15) is 0 Å². The van der Waals surface area contributed by atoms with Crippen LogP contribution < -0.4 is 10.2 Å². The molecule has 0 saturated carbocycles. The van der Waals surface area contributed by atoms with Gasteiger partial charge >= 0.3 is 0 Å². The van der Waals surface area contributed by atoms with Crippen molar-refractivity contribution in [1.82, 2.24) is 10.3 Å². The highest BCUT2D eigenvalue weighted by molar-refractivity contribution is 7.91. The van der Waals surface area contributed by atoms with Crippen molar-refractivity contribution in [3.63, 3.8) is 0 Å². The van der Waals surface area contributed by atoms with E-state index < -0.39 is 9.84 Å². The van der Waals surface area contributed by atoms with Gasteiger partial charge in [0.1, 0.15) is 5.82 Å². The minimum atomic E-state index is -3.01. The molecule has 0 spiro atoms. The number of carbonyl (C=O) groups is 1. The number of pyridine rings is 1. The summed E-state index contributed by atoms with van der Waals surface area (Å²) in [5.41, 5.74) is 0.480. The Hall–Kier alpha value is -1.67. The van der Waals surface area contributed by atoms with Crippen molar-refractivity contribution < 1.29 is 17.9 Å². The SMILES string of the molecule is O=C(N[C@@H]1CCS(=O)(=O)C1)c1cccnc1N1CCOCC1. The predicted molar refractivity (Wildman–Crippen MR) is 81.8 cm³/mol. The summed E-state index contributed by atoms with van der Waals surface area (Å²) >= 11 is 0. The zero-order valence-corrected chi connectivity index (χ0v) is 13.0. The minimum Gasteiger partial charge on any atom is -0.378 e. The first-order valence-electron chi connectivity index (χ1n) is 7.34. The van der Waals surface area contributed by atoms with E-state index in [1.807, 2.05) is 4.90 Å². The zero-order valence-electron chi connectivity index (χ0n) is 12.2. The summed E-state index contributed by atoms with van der Waals surface area (Å²) in [6.45, 7) is 2.60. The van der Waals surface area contributed by atoms with Crippen LogP contribution in [-0.4, -0.2) is 63.2 Å². The normalized spacial score (nSPS) is 24.2. The lowest BCUT2D eigenvalue weighted by Gasteiger charge is -2.29. The van der Waals surface area contributed by atoms with E-state index >= 15 is 0 Å². The van der Waals surface area contributed by atoms with E-state index in [0.29, 0.717) is 44.1 Å². The van der Waals surface area contributed by atoms with Crippen molar-refractivity contribution in [2.45, 2.75) is 12.5 Å². The predicted octanol–water partition coefficient (Wildman–Crippen LogP) is -0.165. The highest BCUT2D eigenvalue weighted by atomic mass is 32.2. The Kier molecular flexibility index (Phi) is 4.30. The van der Waals surface area contributed by atoms with Gasteiger partial charge in [-0.05, 0) is 18.6 Å². The third-order valence-corrected chi connectivity index (χ3v) is 5.68. The molecule has 2 aliphatic rings. The molecule has 8 heteroatoms. The molecular weight excluding hydrogens is 306 g/mol. The molecule has 0 radical (unpaired) electrons. The van der Waals surface area contributed by atoms with Crippen LogP contribution in [0.2, 0.25) is 0 Å². The topological polar surface area (TPSA) is 88.6 Å².